The Bertz CT molecular complexity index is 904. The highest BCUT2D eigenvalue weighted by molar-refractivity contribution is 5.89. The molecule has 3 rings (SSSR count). The number of hydrogen-bond acceptors (Lipinski definition) is 5. The number of aryl methyl sites for hydroxylation is 1. The SMILES string of the molecule is COc1ccc(-c2cnc(CCC(=O)Nc3cc(C(C)(C)C)[nH]n3)o2)cc1. The van der Waals surface area contributed by atoms with Crippen LogP contribution in [0.25, 0.3) is 11.3 Å². The maximum Gasteiger partial charge on any atom is 0.226 e. The molecule has 3 aromatic rings. The maximum absolute atomic E-state index is 12.1. The molecule has 1 aromatic carbocycles. The second-order valence-electron chi connectivity index (χ2n) is 7.31. The van der Waals surface area contributed by atoms with E-state index >= 15 is 0 Å². The number of aromatic nitrogens is 3. The van der Waals surface area contributed by atoms with E-state index in [0.29, 0.717) is 23.9 Å². The van der Waals surface area contributed by atoms with Gasteiger partial charge in [-0.15, -0.1) is 0 Å². The molecule has 2 aromatic heterocycles. The standard InChI is InChI=1S/C20H24N4O3/c1-20(2,3)16-11-17(24-23-16)22-18(25)9-10-19-21-12-15(27-19)13-5-7-14(26-4)8-6-13/h5-8,11-12H,9-10H2,1-4H3,(H2,22,23,24,25). The summed E-state index contributed by atoms with van der Waals surface area (Å²) < 4.78 is 10.9. The minimum absolute atomic E-state index is 0.0497. The first kappa shape index (κ1) is 18.7. The predicted octanol–water partition coefficient (Wildman–Crippen LogP) is 3.94. The van der Waals surface area contributed by atoms with E-state index in [-0.39, 0.29) is 17.7 Å². The lowest BCUT2D eigenvalue weighted by Gasteiger charge is -2.14. The molecule has 0 radical (unpaired) electrons. The van der Waals surface area contributed by atoms with E-state index in [1.807, 2.05) is 30.3 Å². The Hall–Kier alpha value is -3.09. The second-order valence-corrected chi connectivity index (χ2v) is 7.31. The van der Waals surface area contributed by atoms with Gasteiger partial charge < -0.3 is 14.5 Å². The van der Waals surface area contributed by atoms with Crippen LogP contribution in [0, 0.1) is 0 Å². The van der Waals surface area contributed by atoms with Crippen molar-refractivity contribution in [3.63, 3.8) is 0 Å². The Labute approximate surface area is 158 Å². The van der Waals surface area contributed by atoms with Crippen LogP contribution in [0.4, 0.5) is 5.82 Å². The second kappa shape index (κ2) is 7.65. The highest BCUT2D eigenvalue weighted by Crippen LogP contribution is 2.24. The summed E-state index contributed by atoms with van der Waals surface area (Å²) in [6, 6.07) is 9.38. The molecule has 142 valence electrons. The summed E-state index contributed by atoms with van der Waals surface area (Å²) >= 11 is 0. The monoisotopic (exact) mass is 368 g/mol. The predicted molar refractivity (Wildman–Crippen MR) is 103 cm³/mol. The zero-order valence-electron chi connectivity index (χ0n) is 16.0. The lowest BCUT2D eigenvalue weighted by Crippen LogP contribution is -2.13. The smallest absolute Gasteiger partial charge is 0.226 e. The van der Waals surface area contributed by atoms with E-state index in [1.165, 1.54) is 0 Å². The summed E-state index contributed by atoms with van der Waals surface area (Å²) in [6.45, 7) is 6.24. The molecule has 1 amide bonds. The molecule has 0 aliphatic carbocycles. The van der Waals surface area contributed by atoms with Gasteiger partial charge >= 0.3 is 0 Å². The van der Waals surface area contributed by atoms with E-state index in [4.69, 9.17) is 9.15 Å². The van der Waals surface area contributed by atoms with Crippen LogP contribution in [0.5, 0.6) is 5.75 Å². The zero-order chi connectivity index (χ0) is 19.4. The number of ether oxygens (including phenoxy) is 1. The van der Waals surface area contributed by atoms with Crippen LogP contribution in [-0.2, 0) is 16.6 Å². The highest BCUT2D eigenvalue weighted by atomic mass is 16.5. The number of amides is 1. The van der Waals surface area contributed by atoms with Gasteiger partial charge in [-0.2, -0.15) is 5.10 Å². The van der Waals surface area contributed by atoms with Crippen molar-refractivity contribution < 1.29 is 13.9 Å². The molecule has 0 bridgehead atoms. The van der Waals surface area contributed by atoms with Crippen molar-refractivity contribution in [2.45, 2.75) is 39.0 Å². The van der Waals surface area contributed by atoms with Gasteiger partial charge in [-0.1, -0.05) is 20.8 Å². The van der Waals surface area contributed by atoms with Gasteiger partial charge in [0.2, 0.25) is 5.91 Å². The number of methoxy groups -OCH3 is 1. The number of nitrogens with zero attached hydrogens (tertiary/aromatic N) is 2. The van der Waals surface area contributed by atoms with Crippen LogP contribution >= 0.6 is 0 Å². The Morgan fingerprint density at radius 3 is 2.63 bits per heavy atom. The molecular weight excluding hydrogens is 344 g/mol. The largest absolute Gasteiger partial charge is 0.497 e. The number of oxazole rings is 1. The number of H-pyrrole nitrogens is 1. The molecule has 0 saturated heterocycles. The van der Waals surface area contributed by atoms with E-state index in [0.717, 1.165) is 17.0 Å². The Kier molecular flexibility index (Phi) is 5.30. The van der Waals surface area contributed by atoms with Gasteiger partial charge in [0.1, 0.15) is 5.75 Å². The van der Waals surface area contributed by atoms with Crippen molar-refractivity contribution in [2.24, 2.45) is 0 Å². The minimum atomic E-state index is -0.133. The Morgan fingerprint density at radius 1 is 1.26 bits per heavy atom. The number of anilines is 1. The van der Waals surface area contributed by atoms with Gasteiger partial charge in [-0.05, 0) is 24.3 Å². The first-order chi connectivity index (χ1) is 12.8. The van der Waals surface area contributed by atoms with Crippen molar-refractivity contribution in [2.75, 3.05) is 12.4 Å². The molecule has 0 fully saturated rings. The van der Waals surface area contributed by atoms with Gasteiger partial charge in [0.05, 0.1) is 13.3 Å². The molecule has 2 N–H and O–H groups in total. The highest BCUT2D eigenvalue weighted by Gasteiger charge is 2.17. The van der Waals surface area contributed by atoms with Crippen LogP contribution in [0.1, 0.15) is 38.8 Å². The fraction of sp³-hybridized carbons (Fsp3) is 0.350. The van der Waals surface area contributed by atoms with Crippen molar-refractivity contribution in [1.82, 2.24) is 15.2 Å². The fourth-order valence-corrected chi connectivity index (χ4v) is 2.51. The number of benzene rings is 1. The van der Waals surface area contributed by atoms with Crippen LogP contribution in [0.15, 0.2) is 40.9 Å². The summed E-state index contributed by atoms with van der Waals surface area (Å²) in [6.07, 6.45) is 2.34. The summed E-state index contributed by atoms with van der Waals surface area (Å²) in [4.78, 5) is 16.4. The molecule has 0 atom stereocenters. The molecule has 7 heteroatoms. The Balaban J connectivity index is 1.54. The Morgan fingerprint density at radius 2 is 2.00 bits per heavy atom. The number of nitrogens with one attached hydrogen (secondary N) is 2. The third-order valence-corrected chi connectivity index (χ3v) is 4.15. The van der Waals surface area contributed by atoms with Gasteiger partial charge in [-0.3, -0.25) is 9.89 Å². The minimum Gasteiger partial charge on any atom is -0.497 e. The summed E-state index contributed by atoms with van der Waals surface area (Å²) in [5.41, 5.74) is 1.83. The molecule has 0 aliphatic heterocycles. The number of aromatic amines is 1. The molecule has 0 saturated carbocycles. The van der Waals surface area contributed by atoms with E-state index in [2.05, 4.69) is 41.3 Å². The number of hydrogen-bond donors (Lipinski definition) is 2. The van der Waals surface area contributed by atoms with Crippen molar-refractivity contribution in [3.8, 4) is 17.1 Å². The number of carbonyl (C=O) groups is 1. The average Bonchev–Trinajstić information content (AvgIpc) is 3.29. The lowest BCUT2D eigenvalue weighted by molar-refractivity contribution is -0.116. The van der Waals surface area contributed by atoms with Crippen molar-refractivity contribution in [1.29, 1.82) is 0 Å². The van der Waals surface area contributed by atoms with Gasteiger partial charge in [-0.25, -0.2) is 4.98 Å². The molecule has 0 spiro atoms. The van der Waals surface area contributed by atoms with Gasteiger partial charge in [0.25, 0.3) is 0 Å². The third-order valence-electron chi connectivity index (χ3n) is 4.15. The lowest BCUT2D eigenvalue weighted by atomic mass is 9.92. The van der Waals surface area contributed by atoms with Crippen LogP contribution in [0.2, 0.25) is 0 Å². The number of carbonyl (C=O) groups excluding carboxylic acids is 1. The van der Waals surface area contributed by atoms with Crippen LogP contribution in [0.3, 0.4) is 0 Å². The molecule has 0 unspecified atom stereocenters. The average molecular weight is 368 g/mol. The normalized spacial score (nSPS) is 11.4. The first-order valence-corrected chi connectivity index (χ1v) is 8.80. The summed E-state index contributed by atoms with van der Waals surface area (Å²) in [5.74, 6) is 2.36. The molecule has 0 aliphatic rings. The maximum atomic E-state index is 12.1. The fourth-order valence-electron chi connectivity index (χ4n) is 2.51. The molecule has 27 heavy (non-hydrogen) atoms. The van der Waals surface area contributed by atoms with Crippen LogP contribution < -0.4 is 10.1 Å². The van der Waals surface area contributed by atoms with E-state index in [1.54, 1.807) is 13.3 Å². The molecule has 7 nitrogen and oxygen atoms in total. The van der Waals surface area contributed by atoms with Gasteiger partial charge in [0.15, 0.2) is 17.5 Å². The number of rotatable bonds is 6. The van der Waals surface area contributed by atoms with E-state index in [9.17, 15) is 4.79 Å². The van der Waals surface area contributed by atoms with Crippen molar-refractivity contribution >= 4 is 11.7 Å². The quantitative estimate of drug-likeness (QED) is 0.687. The first-order valence-electron chi connectivity index (χ1n) is 8.80. The van der Waals surface area contributed by atoms with Crippen LogP contribution in [-0.4, -0.2) is 28.2 Å². The van der Waals surface area contributed by atoms with E-state index < -0.39 is 0 Å². The third kappa shape index (κ3) is 4.75. The van der Waals surface area contributed by atoms with Gasteiger partial charge in [0, 0.05) is 35.6 Å². The van der Waals surface area contributed by atoms with Crippen molar-refractivity contribution in [3.05, 3.63) is 48.1 Å². The zero-order valence-corrected chi connectivity index (χ0v) is 16.0. The summed E-state index contributed by atoms with van der Waals surface area (Å²) in [7, 11) is 1.62. The topological polar surface area (TPSA) is 93.0 Å². The molecule has 2 heterocycles. The molecular formula is C20H24N4O3. The summed E-state index contributed by atoms with van der Waals surface area (Å²) in [5, 5.41) is 9.87.